The van der Waals surface area contributed by atoms with Gasteiger partial charge in [0, 0.05) is 16.9 Å². The zero-order chi connectivity index (χ0) is 20.1. The largest absolute Gasteiger partial charge is 0.322 e. The maximum Gasteiger partial charge on any atom is 0.265 e. The van der Waals surface area contributed by atoms with E-state index in [-0.39, 0.29) is 11.8 Å². The predicted octanol–water partition coefficient (Wildman–Crippen LogP) is 3.89. The molecule has 0 saturated carbocycles. The van der Waals surface area contributed by atoms with Crippen LogP contribution in [0.25, 0.3) is 0 Å². The molecule has 2 N–H and O–H groups in total. The quantitative estimate of drug-likeness (QED) is 0.511. The SMILES string of the molecule is O=C(Nc1ccc(NC(=O)c2cccs2)cc1)c1ccc(Cn2cncn2)cc1. The number of amides is 2. The minimum atomic E-state index is -0.201. The first kappa shape index (κ1) is 18.6. The number of nitrogens with zero attached hydrogens (tertiary/aromatic N) is 3. The zero-order valence-electron chi connectivity index (χ0n) is 15.3. The average Bonchev–Trinajstić information content (AvgIpc) is 3.44. The molecule has 0 saturated heterocycles. The number of benzene rings is 2. The molecule has 29 heavy (non-hydrogen) atoms. The molecule has 2 amide bonds. The second kappa shape index (κ2) is 8.49. The summed E-state index contributed by atoms with van der Waals surface area (Å²) in [7, 11) is 0. The molecule has 8 heteroatoms. The summed E-state index contributed by atoms with van der Waals surface area (Å²) in [4.78, 5) is 29.1. The Morgan fingerprint density at radius 2 is 1.59 bits per heavy atom. The first-order valence-corrected chi connectivity index (χ1v) is 9.73. The fourth-order valence-corrected chi connectivity index (χ4v) is 3.32. The Morgan fingerprint density at radius 3 is 2.17 bits per heavy atom. The highest BCUT2D eigenvalue weighted by atomic mass is 32.1. The third kappa shape index (κ3) is 4.74. The van der Waals surface area contributed by atoms with Crippen LogP contribution in [0.1, 0.15) is 25.6 Å². The van der Waals surface area contributed by atoms with Gasteiger partial charge in [0.05, 0.1) is 11.4 Å². The molecule has 4 rings (SSSR count). The minimum Gasteiger partial charge on any atom is -0.322 e. The number of rotatable bonds is 6. The van der Waals surface area contributed by atoms with Crippen LogP contribution in [0.5, 0.6) is 0 Å². The van der Waals surface area contributed by atoms with Gasteiger partial charge in [-0.3, -0.25) is 9.59 Å². The summed E-state index contributed by atoms with van der Waals surface area (Å²) in [6.45, 7) is 0.598. The van der Waals surface area contributed by atoms with Gasteiger partial charge in [0.1, 0.15) is 12.7 Å². The van der Waals surface area contributed by atoms with E-state index in [9.17, 15) is 9.59 Å². The highest BCUT2D eigenvalue weighted by Gasteiger charge is 2.09. The molecule has 4 aromatic rings. The Kier molecular flexibility index (Phi) is 5.44. The summed E-state index contributed by atoms with van der Waals surface area (Å²) in [5, 5.41) is 11.6. The topological polar surface area (TPSA) is 88.9 Å². The minimum absolute atomic E-state index is 0.150. The Hall–Kier alpha value is -3.78. The number of hydrogen-bond donors (Lipinski definition) is 2. The smallest absolute Gasteiger partial charge is 0.265 e. The Balaban J connectivity index is 1.35. The van der Waals surface area contributed by atoms with Gasteiger partial charge >= 0.3 is 0 Å². The molecule has 7 nitrogen and oxygen atoms in total. The van der Waals surface area contributed by atoms with Gasteiger partial charge in [0.25, 0.3) is 11.8 Å². The third-order valence-corrected chi connectivity index (χ3v) is 5.04. The van der Waals surface area contributed by atoms with Crippen LogP contribution in [-0.4, -0.2) is 26.6 Å². The van der Waals surface area contributed by atoms with Crippen molar-refractivity contribution in [1.82, 2.24) is 14.8 Å². The van der Waals surface area contributed by atoms with E-state index in [0.29, 0.717) is 28.4 Å². The van der Waals surface area contributed by atoms with E-state index < -0.39 is 0 Å². The summed E-state index contributed by atoms with van der Waals surface area (Å²) in [6.07, 6.45) is 3.13. The third-order valence-electron chi connectivity index (χ3n) is 4.17. The highest BCUT2D eigenvalue weighted by Crippen LogP contribution is 2.17. The van der Waals surface area contributed by atoms with Crippen LogP contribution in [-0.2, 0) is 6.54 Å². The number of anilines is 2. The zero-order valence-corrected chi connectivity index (χ0v) is 16.1. The van der Waals surface area contributed by atoms with Crippen molar-refractivity contribution in [2.24, 2.45) is 0 Å². The lowest BCUT2D eigenvalue weighted by Gasteiger charge is -2.08. The molecule has 0 atom stereocenters. The first-order valence-electron chi connectivity index (χ1n) is 8.85. The van der Waals surface area contributed by atoms with Gasteiger partial charge in [0.2, 0.25) is 0 Å². The standard InChI is InChI=1S/C21H17N5O2S/c27-20(16-5-3-15(4-6-16)12-26-14-22-13-23-26)24-17-7-9-18(10-8-17)25-21(28)19-2-1-11-29-19/h1-11,13-14H,12H2,(H,24,27)(H,25,28). The maximum atomic E-state index is 12.5. The molecule has 0 radical (unpaired) electrons. The molecule has 2 heterocycles. The van der Waals surface area contributed by atoms with Crippen LogP contribution in [0.4, 0.5) is 11.4 Å². The van der Waals surface area contributed by atoms with Crippen molar-refractivity contribution in [2.75, 3.05) is 10.6 Å². The van der Waals surface area contributed by atoms with Gasteiger partial charge < -0.3 is 10.6 Å². The summed E-state index contributed by atoms with van der Waals surface area (Å²) in [5.41, 5.74) is 2.90. The van der Waals surface area contributed by atoms with E-state index in [1.165, 1.54) is 17.7 Å². The molecule has 0 bridgehead atoms. The predicted molar refractivity (Wildman–Crippen MR) is 112 cm³/mol. The normalized spacial score (nSPS) is 10.5. The molecule has 0 unspecified atom stereocenters. The van der Waals surface area contributed by atoms with Crippen molar-refractivity contribution in [3.8, 4) is 0 Å². The number of carbonyl (C=O) groups excluding carboxylic acids is 2. The van der Waals surface area contributed by atoms with Gasteiger partial charge in [-0.1, -0.05) is 18.2 Å². The van der Waals surface area contributed by atoms with Gasteiger partial charge in [0.15, 0.2) is 0 Å². The van der Waals surface area contributed by atoms with E-state index in [4.69, 9.17) is 0 Å². The van der Waals surface area contributed by atoms with Gasteiger partial charge in [-0.15, -0.1) is 11.3 Å². The number of thiophene rings is 1. The van der Waals surface area contributed by atoms with E-state index in [0.717, 1.165) is 5.56 Å². The molecule has 0 aliphatic carbocycles. The molecule has 0 fully saturated rings. The summed E-state index contributed by atoms with van der Waals surface area (Å²) >= 11 is 1.38. The fourth-order valence-electron chi connectivity index (χ4n) is 2.70. The number of nitrogens with one attached hydrogen (secondary N) is 2. The summed E-state index contributed by atoms with van der Waals surface area (Å²) < 4.78 is 1.72. The lowest BCUT2D eigenvalue weighted by molar-refractivity contribution is 0.102. The summed E-state index contributed by atoms with van der Waals surface area (Å²) in [6, 6.07) is 17.9. The van der Waals surface area contributed by atoms with Crippen molar-refractivity contribution < 1.29 is 9.59 Å². The molecule has 2 aromatic heterocycles. The molecule has 2 aromatic carbocycles. The Bertz CT molecular complexity index is 1090. The second-order valence-corrected chi connectivity index (χ2v) is 7.20. The average molecular weight is 403 g/mol. The van der Waals surface area contributed by atoms with E-state index in [1.807, 2.05) is 23.6 Å². The monoisotopic (exact) mass is 403 g/mol. The van der Waals surface area contributed by atoms with Gasteiger partial charge in [-0.05, 0) is 53.4 Å². The number of aromatic nitrogens is 3. The van der Waals surface area contributed by atoms with Crippen LogP contribution >= 0.6 is 11.3 Å². The second-order valence-electron chi connectivity index (χ2n) is 6.25. The lowest BCUT2D eigenvalue weighted by Crippen LogP contribution is -2.13. The van der Waals surface area contributed by atoms with Crippen LogP contribution in [0.3, 0.4) is 0 Å². The van der Waals surface area contributed by atoms with E-state index in [2.05, 4.69) is 20.7 Å². The van der Waals surface area contributed by atoms with Crippen LogP contribution in [0.15, 0.2) is 78.7 Å². The summed E-state index contributed by atoms with van der Waals surface area (Å²) in [5.74, 6) is -0.351. The molecule has 0 spiro atoms. The van der Waals surface area contributed by atoms with Crippen molar-refractivity contribution in [2.45, 2.75) is 6.54 Å². The molecule has 0 aliphatic rings. The van der Waals surface area contributed by atoms with Crippen molar-refractivity contribution in [3.63, 3.8) is 0 Å². The maximum absolute atomic E-state index is 12.5. The van der Waals surface area contributed by atoms with Gasteiger partial charge in [-0.25, -0.2) is 9.67 Å². The molecular formula is C21H17N5O2S. The lowest BCUT2D eigenvalue weighted by atomic mass is 10.1. The van der Waals surface area contributed by atoms with E-state index in [1.54, 1.807) is 53.5 Å². The van der Waals surface area contributed by atoms with E-state index >= 15 is 0 Å². The van der Waals surface area contributed by atoms with Crippen molar-refractivity contribution in [3.05, 3.63) is 94.7 Å². The van der Waals surface area contributed by atoms with Crippen LogP contribution < -0.4 is 10.6 Å². The van der Waals surface area contributed by atoms with Crippen LogP contribution in [0, 0.1) is 0 Å². The van der Waals surface area contributed by atoms with Crippen molar-refractivity contribution in [1.29, 1.82) is 0 Å². The Labute approximate surface area is 171 Å². The van der Waals surface area contributed by atoms with Crippen molar-refractivity contribution >= 4 is 34.5 Å². The highest BCUT2D eigenvalue weighted by molar-refractivity contribution is 7.12. The fraction of sp³-hybridized carbons (Fsp3) is 0.0476. The molecular weight excluding hydrogens is 386 g/mol. The first-order chi connectivity index (χ1) is 14.2. The molecule has 0 aliphatic heterocycles. The number of hydrogen-bond acceptors (Lipinski definition) is 5. The molecule has 144 valence electrons. The number of carbonyl (C=O) groups is 2. The van der Waals surface area contributed by atoms with Crippen LogP contribution in [0.2, 0.25) is 0 Å². The van der Waals surface area contributed by atoms with Gasteiger partial charge in [-0.2, -0.15) is 5.10 Å². The Morgan fingerprint density at radius 1 is 0.897 bits per heavy atom.